The first-order chi connectivity index (χ1) is 10.1. The zero-order valence-electron chi connectivity index (χ0n) is 10.5. The van der Waals surface area contributed by atoms with E-state index in [1.54, 1.807) is 24.3 Å². The van der Waals surface area contributed by atoms with Crippen molar-refractivity contribution < 1.29 is 14.8 Å². The summed E-state index contributed by atoms with van der Waals surface area (Å²) in [6.45, 7) is 0. The van der Waals surface area contributed by atoms with Crippen LogP contribution in [0.15, 0.2) is 42.9 Å². The van der Waals surface area contributed by atoms with E-state index in [-0.39, 0.29) is 17.1 Å². The van der Waals surface area contributed by atoms with Crippen molar-refractivity contribution in [2.24, 2.45) is 0 Å². The number of aromatic carboxylic acids is 1. The summed E-state index contributed by atoms with van der Waals surface area (Å²) >= 11 is 0. The molecular weight excluding hydrogens is 276 g/mol. The molecule has 21 heavy (non-hydrogen) atoms. The van der Waals surface area contributed by atoms with Crippen molar-refractivity contribution in [1.29, 1.82) is 0 Å². The Balaban J connectivity index is 2.27. The molecule has 0 aliphatic carbocycles. The molecule has 0 saturated carbocycles. The number of fused-ring (bicyclic) bond motifs is 1. The Kier molecular flexibility index (Phi) is 2.83. The highest BCUT2D eigenvalue weighted by Gasteiger charge is 2.19. The highest BCUT2D eigenvalue weighted by Crippen LogP contribution is 2.22. The molecule has 2 heterocycles. The van der Waals surface area contributed by atoms with Gasteiger partial charge in [0.05, 0.1) is 16.0 Å². The minimum absolute atomic E-state index is 0.0850. The number of nitrogens with zero attached hydrogens (tertiary/aromatic N) is 4. The van der Waals surface area contributed by atoms with Crippen molar-refractivity contribution in [2.45, 2.75) is 0 Å². The number of hydrogen-bond donors (Lipinski definition) is 1. The normalized spacial score (nSPS) is 10.7. The van der Waals surface area contributed by atoms with Gasteiger partial charge in [0.15, 0.2) is 5.82 Å². The van der Waals surface area contributed by atoms with Gasteiger partial charge in [0.1, 0.15) is 18.1 Å². The molecule has 2 aromatic heterocycles. The molecule has 0 aliphatic heterocycles. The van der Waals surface area contributed by atoms with E-state index in [1.807, 2.05) is 0 Å². The van der Waals surface area contributed by atoms with Gasteiger partial charge in [-0.1, -0.05) is 12.1 Å². The van der Waals surface area contributed by atoms with E-state index < -0.39 is 10.9 Å². The molecule has 0 fully saturated rings. The van der Waals surface area contributed by atoms with Crippen molar-refractivity contribution in [1.82, 2.24) is 14.5 Å². The van der Waals surface area contributed by atoms with E-state index in [2.05, 4.69) is 9.97 Å². The van der Waals surface area contributed by atoms with E-state index in [0.717, 1.165) is 12.3 Å². The number of imidazole rings is 1. The summed E-state index contributed by atoms with van der Waals surface area (Å²) in [5.41, 5.74) is 0.711. The predicted octanol–water partition coefficient (Wildman–Crippen LogP) is 2.03. The van der Waals surface area contributed by atoms with Gasteiger partial charge in [-0.2, -0.15) is 0 Å². The molecule has 0 aliphatic rings. The van der Waals surface area contributed by atoms with E-state index in [1.165, 1.54) is 10.9 Å². The smallest absolute Gasteiger partial charge is 0.339 e. The minimum atomic E-state index is -1.29. The second-order valence-electron chi connectivity index (χ2n) is 4.23. The molecule has 3 rings (SSSR count). The Bertz CT molecular complexity index is 871. The first-order valence-corrected chi connectivity index (χ1v) is 5.88. The highest BCUT2D eigenvalue weighted by atomic mass is 16.6. The van der Waals surface area contributed by atoms with Gasteiger partial charge in [-0.3, -0.25) is 14.7 Å². The maximum atomic E-state index is 11.3. The Morgan fingerprint density at radius 3 is 2.76 bits per heavy atom. The summed E-state index contributed by atoms with van der Waals surface area (Å²) in [6.07, 6.45) is 2.46. The van der Waals surface area contributed by atoms with Crippen molar-refractivity contribution in [3.05, 3.63) is 58.5 Å². The summed E-state index contributed by atoms with van der Waals surface area (Å²) < 4.78 is 1.49. The van der Waals surface area contributed by atoms with Crippen LogP contribution in [0.25, 0.3) is 16.9 Å². The zero-order chi connectivity index (χ0) is 15.0. The summed E-state index contributed by atoms with van der Waals surface area (Å²) in [5.74, 6) is -1.21. The average molecular weight is 284 g/mol. The van der Waals surface area contributed by atoms with Crippen molar-refractivity contribution in [3.8, 4) is 5.82 Å². The average Bonchev–Trinajstić information content (AvgIpc) is 2.90. The number of pyridine rings is 1. The van der Waals surface area contributed by atoms with Crippen molar-refractivity contribution in [3.63, 3.8) is 0 Å². The van der Waals surface area contributed by atoms with Gasteiger partial charge in [-0.05, 0) is 12.1 Å². The molecular formula is C13H8N4O4. The third kappa shape index (κ3) is 2.08. The molecule has 1 aromatic carbocycles. The molecule has 0 amide bonds. The maximum Gasteiger partial charge on any atom is 0.339 e. The Hall–Kier alpha value is -3.29. The number of para-hydroxylation sites is 2. The number of aromatic nitrogens is 3. The van der Waals surface area contributed by atoms with E-state index in [9.17, 15) is 20.0 Å². The maximum absolute atomic E-state index is 11.3. The Morgan fingerprint density at radius 1 is 1.29 bits per heavy atom. The summed E-state index contributed by atoms with van der Waals surface area (Å²) in [7, 11) is 0. The molecule has 0 saturated heterocycles. The zero-order valence-corrected chi connectivity index (χ0v) is 10.5. The lowest BCUT2D eigenvalue weighted by Crippen LogP contribution is -2.08. The van der Waals surface area contributed by atoms with Crippen LogP contribution in [0, 0.1) is 10.1 Å². The molecule has 0 atom stereocenters. The van der Waals surface area contributed by atoms with Crippen LogP contribution in [-0.2, 0) is 0 Å². The number of carboxylic acid groups (broad SMARTS) is 1. The molecule has 8 heteroatoms. The first kappa shape index (κ1) is 12.7. The van der Waals surface area contributed by atoms with Crippen molar-refractivity contribution >= 4 is 22.7 Å². The van der Waals surface area contributed by atoms with Crippen LogP contribution in [0.5, 0.6) is 0 Å². The summed E-state index contributed by atoms with van der Waals surface area (Å²) in [5, 5.41) is 20.0. The van der Waals surface area contributed by atoms with Gasteiger partial charge < -0.3 is 5.11 Å². The van der Waals surface area contributed by atoms with Gasteiger partial charge in [-0.15, -0.1) is 0 Å². The lowest BCUT2D eigenvalue weighted by molar-refractivity contribution is -0.385. The monoisotopic (exact) mass is 284 g/mol. The van der Waals surface area contributed by atoms with Crippen LogP contribution in [0.2, 0.25) is 0 Å². The second kappa shape index (κ2) is 4.67. The molecule has 104 valence electrons. The Morgan fingerprint density at radius 2 is 2.05 bits per heavy atom. The molecule has 3 aromatic rings. The number of nitro groups is 1. The number of hydrogen-bond acceptors (Lipinski definition) is 5. The third-order valence-electron chi connectivity index (χ3n) is 2.98. The molecule has 0 bridgehead atoms. The summed E-state index contributed by atoms with van der Waals surface area (Å²) in [6, 6.07) is 8.11. The van der Waals surface area contributed by atoms with Crippen LogP contribution < -0.4 is 0 Å². The number of carboxylic acids is 1. The number of carbonyl (C=O) groups is 1. The molecule has 0 radical (unpaired) electrons. The fourth-order valence-electron chi connectivity index (χ4n) is 2.02. The fraction of sp³-hybridized carbons (Fsp3) is 0. The Labute approximate surface area is 117 Å². The van der Waals surface area contributed by atoms with E-state index >= 15 is 0 Å². The van der Waals surface area contributed by atoms with Crippen LogP contribution in [0.1, 0.15) is 10.4 Å². The van der Waals surface area contributed by atoms with Crippen LogP contribution >= 0.6 is 0 Å². The molecule has 0 spiro atoms. The molecule has 0 unspecified atom stereocenters. The quantitative estimate of drug-likeness (QED) is 0.581. The SMILES string of the molecule is O=C(O)c1cc([N+](=O)[O-])cnc1-n1cnc2ccccc21. The molecule has 8 nitrogen and oxygen atoms in total. The second-order valence-corrected chi connectivity index (χ2v) is 4.23. The van der Waals surface area contributed by atoms with Crippen molar-refractivity contribution in [2.75, 3.05) is 0 Å². The predicted molar refractivity (Wildman–Crippen MR) is 72.5 cm³/mol. The van der Waals surface area contributed by atoms with Gasteiger partial charge in [0, 0.05) is 6.07 Å². The largest absolute Gasteiger partial charge is 0.478 e. The van der Waals surface area contributed by atoms with Gasteiger partial charge >= 0.3 is 5.97 Å². The summed E-state index contributed by atoms with van der Waals surface area (Å²) in [4.78, 5) is 29.4. The van der Waals surface area contributed by atoms with Crippen LogP contribution in [0.4, 0.5) is 5.69 Å². The standard InChI is InChI=1S/C13H8N4O4/c18-13(19)9-5-8(17(20)21)6-14-12(9)16-7-15-10-3-1-2-4-11(10)16/h1-7H,(H,18,19). The van der Waals surface area contributed by atoms with Crippen LogP contribution in [-0.4, -0.2) is 30.5 Å². The van der Waals surface area contributed by atoms with E-state index in [4.69, 9.17) is 0 Å². The lowest BCUT2D eigenvalue weighted by atomic mass is 10.2. The molecule has 1 N–H and O–H groups in total. The van der Waals surface area contributed by atoms with Crippen LogP contribution in [0.3, 0.4) is 0 Å². The lowest BCUT2D eigenvalue weighted by Gasteiger charge is -2.06. The highest BCUT2D eigenvalue weighted by molar-refractivity contribution is 5.93. The van der Waals surface area contributed by atoms with Gasteiger partial charge in [0.2, 0.25) is 0 Å². The third-order valence-corrected chi connectivity index (χ3v) is 2.98. The number of benzene rings is 1. The van der Waals surface area contributed by atoms with E-state index in [0.29, 0.717) is 11.0 Å². The topological polar surface area (TPSA) is 111 Å². The minimum Gasteiger partial charge on any atom is -0.478 e. The van der Waals surface area contributed by atoms with Gasteiger partial charge in [0.25, 0.3) is 5.69 Å². The number of rotatable bonds is 3. The van der Waals surface area contributed by atoms with Gasteiger partial charge in [-0.25, -0.2) is 14.8 Å². The first-order valence-electron chi connectivity index (χ1n) is 5.88. The fourth-order valence-corrected chi connectivity index (χ4v) is 2.02.